The number of carbonyl (C=O) groups is 1. The van der Waals surface area contributed by atoms with Crippen LogP contribution in [0.3, 0.4) is 0 Å². The van der Waals surface area contributed by atoms with E-state index >= 15 is 0 Å². The van der Waals surface area contributed by atoms with Gasteiger partial charge >= 0.3 is 0 Å². The minimum atomic E-state index is -0.213. The molecular weight excluding hydrogens is 122 g/mol. The van der Waals surface area contributed by atoms with Gasteiger partial charge in [0.15, 0.2) is 0 Å². The van der Waals surface area contributed by atoms with Crippen LogP contribution in [0.5, 0.6) is 0 Å². The van der Waals surface area contributed by atoms with Gasteiger partial charge in [-0.05, 0) is 13.0 Å². The van der Waals surface area contributed by atoms with E-state index in [0.29, 0.717) is 11.8 Å². The zero-order chi connectivity index (χ0) is 6.41. The Morgan fingerprint density at radius 1 is 1.88 bits per heavy atom. The highest BCUT2D eigenvalue weighted by atomic mass is 32.2. The van der Waals surface area contributed by atoms with Gasteiger partial charge in [0.25, 0.3) is 0 Å². The van der Waals surface area contributed by atoms with Crippen molar-refractivity contribution in [1.29, 1.82) is 5.26 Å². The van der Waals surface area contributed by atoms with Crippen LogP contribution in [-0.2, 0) is 4.79 Å². The van der Waals surface area contributed by atoms with Gasteiger partial charge in [0.2, 0.25) is 5.12 Å². The fourth-order valence-electron chi connectivity index (χ4n) is 0.215. The van der Waals surface area contributed by atoms with Gasteiger partial charge in [-0.2, -0.15) is 5.26 Å². The van der Waals surface area contributed by atoms with Crippen LogP contribution in [-0.4, -0.2) is 5.12 Å². The number of nitriles is 1. The lowest BCUT2D eigenvalue weighted by Gasteiger charge is -1.75. The van der Waals surface area contributed by atoms with Crippen LogP contribution in [0.15, 0.2) is 12.2 Å². The normalized spacial score (nSPS) is 9.00. The van der Waals surface area contributed by atoms with Gasteiger partial charge in [0, 0.05) is 11.8 Å². The molecule has 3 heteroatoms. The molecule has 0 fully saturated rings. The number of hydrogen-bond donors (Lipinski definition) is 0. The Bertz CT molecular complexity index is 145. The molecule has 0 N–H and O–H groups in total. The summed E-state index contributed by atoms with van der Waals surface area (Å²) in [4.78, 5) is 10.3. The van der Waals surface area contributed by atoms with Gasteiger partial charge in [-0.15, -0.1) is 0 Å². The Labute approximate surface area is 52.2 Å². The molecule has 0 radical (unpaired) electrons. The topological polar surface area (TPSA) is 40.9 Å². The van der Waals surface area contributed by atoms with Crippen LogP contribution >= 0.6 is 11.8 Å². The fourth-order valence-corrected chi connectivity index (χ4v) is 0.509. The molecule has 0 bridgehead atoms. The van der Waals surface area contributed by atoms with Gasteiger partial charge in [-0.1, -0.05) is 6.08 Å². The summed E-state index contributed by atoms with van der Waals surface area (Å²) in [5.41, 5.74) is 0. The highest BCUT2D eigenvalue weighted by molar-refractivity contribution is 8.17. The van der Waals surface area contributed by atoms with Crippen LogP contribution in [0.25, 0.3) is 0 Å². The van der Waals surface area contributed by atoms with Crippen molar-refractivity contribution in [3.05, 3.63) is 12.2 Å². The first-order valence-electron chi connectivity index (χ1n) is 2.04. The third-order valence-electron chi connectivity index (χ3n) is 0.449. The molecule has 0 aromatic carbocycles. The molecule has 0 saturated heterocycles. The number of thioether (sulfide) groups is 1. The van der Waals surface area contributed by atoms with Crippen molar-refractivity contribution in [3.63, 3.8) is 0 Å². The van der Waals surface area contributed by atoms with Crippen molar-refractivity contribution in [3.8, 4) is 5.40 Å². The highest BCUT2D eigenvalue weighted by Crippen LogP contribution is 1.97. The molecule has 0 amide bonds. The standard InChI is InChI=1S/C5H5NOS/c1-2-3-5(7)8-4-6/h2-3H,1H3. The molecule has 0 aliphatic heterocycles. The van der Waals surface area contributed by atoms with Gasteiger partial charge in [-0.3, -0.25) is 4.79 Å². The van der Waals surface area contributed by atoms with Crippen LogP contribution in [0.4, 0.5) is 0 Å². The molecule has 0 aromatic heterocycles. The molecule has 0 heterocycles. The van der Waals surface area contributed by atoms with Crippen molar-refractivity contribution >= 4 is 16.9 Å². The number of nitrogens with zero attached hydrogens (tertiary/aromatic N) is 1. The average molecular weight is 127 g/mol. The minimum absolute atomic E-state index is 0.213. The minimum Gasteiger partial charge on any atom is -0.281 e. The smallest absolute Gasteiger partial charge is 0.226 e. The number of hydrogen-bond acceptors (Lipinski definition) is 3. The van der Waals surface area contributed by atoms with E-state index in [1.54, 1.807) is 18.4 Å². The fraction of sp³-hybridized carbons (Fsp3) is 0.200. The molecule has 8 heavy (non-hydrogen) atoms. The first-order valence-corrected chi connectivity index (χ1v) is 2.85. The van der Waals surface area contributed by atoms with Crippen LogP contribution < -0.4 is 0 Å². The lowest BCUT2D eigenvalue weighted by atomic mass is 10.6. The molecule has 0 rings (SSSR count). The molecule has 0 aliphatic rings. The molecule has 42 valence electrons. The molecule has 0 aromatic rings. The summed E-state index contributed by atoms with van der Waals surface area (Å²) in [6.07, 6.45) is 2.96. The van der Waals surface area contributed by atoms with Gasteiger partial charge in [0.1, 0.15) is 5.40 Å². The summed E-state index contributed by atoms with van der Waals surface area (Å²) in [6, 6.07) is 0. The first kappa shape index (κ1) is 7.25. The summed E-state index contributed by atoms with van der Waals surface area (Å²) in [6.45, 7) is 1.73. The van der Waals surface area contributed by atoms with Gasteiger partial charge in [-0.25, -0.2) is 0 Å². The lowest BCUT2D eigenvalue weighted by Crippen LogP contribution is -1.78. The van der Waals surface area contributed by atoms with Crippen molar-refractivity contribution in [2.45, 2.75) is 6.92 Å². The molecule has 0 unspecified atom stereocenters. The zero-order valence-corrected chi connectivity index (χ0v) is 5.23. The second kappa shape index (κ2) is 4.41. The summed E-state index contributed by atoms with van der Waals surface area (Å²) in [7, 11) is 0. The van der Waals surface area contributed by atoms with E-state index in [9.17, 15) is 4.79 Å². The second-order valence-corrected chi connectivity index (χ2v) is 1.80. The van der Waals surface area contributed by atoms with E-state index in [1.807, 2.05) is 0 Å². The average Bonchev–Trinajstić information content (AvgIpc) is 1.68. The SMILES string of the molecule is CC=CC(=O)SC#N. The number of rotatable bonds is 1. The van der Waals surface area contributed by atoms with E-state index in [1.165, 1.54) is 6.08 Å². The van der Waals surface area contributed by atoms with Gasteiger partial charge < -0.3 is 0 Å². The van der Waals surface area contributed by atoms with Crippen LogP contribution in [0, 0.1) is 10.7 Å². The Balaban J connectivity index is 3.53. The summed E-state index contributed by atoms with van der Waals surface area (Å²) >= 11 is 0.636. The third kappa shape index (κ3) is 3.44. The number of thiocyanates is 1. The lowest BCUT2D eigenvalue weighted by molar-refractivity contribution is -0.106. The monoisotopic (exact) mass is 127 g/mol. The first-order chi connectivity index (χ1) is 3.81. The third-order valence-corrected chi connectivity index (χ3v) is 0.878. The molecule has 0 aliphatic carbocycles. The van der Waals surface area contributed by atoms with E-state index in [-0.39, 0.29) is 5.12 Å². The van der Waals surface area contributed by atoms with E-state index in [2.05, 4.69) is 0 Å². The molecule has 0 spiro atoms. The predicted molar refractivity (Wildman–Crippen MR) is 33.0 cm³/mol. The summed E-state index contributed by atoms with van der Waals surface area (Å²) < 4.78 is 0. The molecule has 0 saturated carbocycles. The number of allylic oxidation sites excluding steroid dienone is 1. The van der Waals surface area contributed by atoms with E-state index in [0.717, 1.165) is 0 Å². The number of carbonyl (C=O) groups excluding carboxylic acids is 1. The van der Waals surface area contributed by atoms with Crippen molar-refractivity contribution in [2.24, 2.45) is 0 Å². The van der Waals surface area contributed by atoms with Crippen molar-refractivity contribution < 1.29 is 4.79 Å². The van der Waals surface area contributed by atoms with Crippen molar-refractivity contribution in [1.82, 2.24) is 0 Å². The van der Waals surface area contributed by atoms with Crippen LogP contribution in [0.2, 0.25) is 0 Å². The van der Waals surface area contributed by atoms with E-state index < -0.39 is 0 Å². The predicted octanol–water partition coefficient (Wildman–Crippen LogP) is 1.30. The summed E-state index contributed by atoms with van der Waals surface area (Å²) in [5.74, 6) is 0. The largest absolute Gasteiger partial charge is 0.281 e. The van der Waals surface area contributed by atoms with Crippen molar-refractivity contribution in [2.75, 3.05) is 0 Å². The Morgan fingerprint density at radius 2 is 2.50 bits per heavy atom. The highest BCUT2D eigenvalue weighted by Gasteiger charge is 1.90. The second-order valence-electron chi connectivity index (χ2n) is 1.01. The molecule has 2 nitrogen and oxygen atoms in total. The maximum Gasteiger partial charge on any atom is 0.226 e. The summed E-state index contributed by atoms with van der Waals surface area (Å²) in [5, 5.41) is 9.38. The maximum absolute atomic E-state index is 10.3. The van der Waals surface area contributed by atoms with Crippen LogP contribution in [0.1, 0.15) is 6.92 Å². The maximum atomic E-state index is 10.3. The molecule has 0 atom stereocenters. The quantitative estimate of drug-likeness (QED) is 0.394. The molecular formula is C5H5NOS. The Morgan fingerprint density at radius 3 is 2.88 bits per heavy atom. The Hall–Kier alpha value is -0.750. The Kier molecular flexibility index (Phi) is 4.00. The van der Waals surface area contributed by atoms with Gasteiger partial charge in [0.05, 0.1) is 0 Å². The van der Waals surface area contributed by atoms with E-state index in [4.69, 9.17) is 5.26 Å². The zero-order valence-electron chi connectivity index (χ0n) is 4.42.